The normalized spacial score (nSPS) is 14.5. The zero-order valence-corrected chi connectivity index (χ0v) is 10.8. The van der Waals surface area contributed by atoms with E-state index < -0.39 is 30.0 Å². The average Bonchev–Trinajstić information content (AvgIpc) is 2.36. The van der Waals surface area contributed by atoms with Gasteiger partial charge in [-0.25, -0.2) is 4.79 Å². The van der Waals surface area contributed by atoms with Crippen molar-refractivity contribution < 1.29 is 32.6 Å². The smallest absolute Gasteiger partial charge is 0.428 e. The summed E-state index contributed by atoms with van der Waals surface area (Å²) in [6.07, 6.45) is -6.73. The predicted molar refractivity (Wildman–Crippen MR) is 63.1 cm³/mol. The molecule has 0 spiro atoms. The first-order valence-corrected chi connectivity index (χ1v) is 5.59. The summed E-state index contributed by atoms with van der Waals surface area (Å²) in [5.74, 6) is -2.92. The molecule has 0 saturated heterocycles. The fraction of sp³-hybridized carbons (Fsp3) is 0.385. The maximum absolute atomic E-state index is 12.8. The summed E-state index contributed by atoms with van der Waals surface area (Å²) in [4.78, 5) is 22.9. The number of hydrogen-bond acceptors (Lipinski definition) is 4. The van der Waals surface area contributed by atoms with Crippen molar-refractivity contribution in [3.63, 3.8) is 0 Å². The van der Waals surface area contributed by atoms with Crippen LogP contribution in [0.2, 0.25) is 0 Å². The first-order valence-electron chi connectivity index (χ1n) is 5.59. The van der Waals surface area contributed by atoms with E-state index in [1.807, 2.05) is 0 Å². The van der Waals surface area contributed by atoms with Gasteiger partial charge in [-0.3, -0.25) is 4.79 Å². The number of halogens is 3. The molecule has 1 aromatic rings. The molecule has 0 fully saturated rings. The highest BCUT2D eigenvalue weighted by Crippen LogP contribution is 2.35. The van der Waals surface area contributed by atoms with Crippen molar-refractivity contribution in [3.05, 3.63) is 35.4 Å². The van der Waals surface area contributed by atoms with E-state index in [0.717, 1.165) is 5.56 Å². The largest absolute Gasteiger partial charge is 0.467 e. The molecule has 0 saturated carbocycles. The number of ether oxygens (including phenoxy) is 1. The number of benzene rings is 1. The quantitative estimate of drug-likeness (QED) is 0.681. The highest BCUT2D eigenvalue weighted by molar-refractivity contribution is 6.00. The van der Waals surface area contributed by atoms with E-state index in [0.29, 0.717) is 7.11 Å². The van der Waals surface area contributed by atoms with Crippen molar-refractivity contribution in [2.45, 2.75) is 25.1 Å². The van der Waals surface area contributed by atoms with Crippen molar-refractivity contribution in [1.29, 1.82) is 0 Å². The number of carbonyl (C=O) groups excluding carboxylic acids is 2. The SMILES string of the molecule is COC(=O)[C@](O)(CC(=O)c1ccc(C)cc1)C(F)(F)F. The zero-order chi connectivity index (χ0) is 15.6. The van der Waals surface area contributed by atoms with Crippen LogP contribution in [0.5, 0.6) is 0 Å². The van der Waals surface area contributed by atoms with Crippen LogP contribution in [-0.2, 0) is 9.53 Å². The third kappa shape index (κ3) is 3.16. The van der Waals surface area contributed by atoms with E-state index >= 15 is 0 Å². The number of esters is 1. The molecule has 0 aromatic heterocycles. The first-order chi connectivity index (χ1) is 9.11. The molecule has 0 aliphatic rings. The first kappa shape index (κ1) is 16.2. The Kier molecular flexibility index (Phi) is 4.54. The number of rotatable bonds is 4. The third-order valence-corrected chi connectivity index (χ3v) is 2.78. The molecule has 0 amide bonds. The molecule has 0 unspecified atom stereocenters. The lowest BCUT2D eigenvalue weighted by atomic mass is 9.93. The van der Waals surface area contributed by atoms with Crippen LogP contribution in [0.15, 0.2) is 24.3 Å². The maximum Gasteiger partial charge on any atom is 0.428 e. The molecular formula is C13H13F3O4. The Morgan fingerprint density at radius 3 is 2.10 bits per heavy atom. The second-order valence-corrected chi connectivity index (χ2v) is 4.32. The molecule has 7 heteroatoms. The Bertz CT molecular complexity index is 507. The van der Waals surface area contributed by atoms with Crippen LogP contribution < -0.4 is 0 Å². The van der Waals surface area contributed by atoms with Gasteiger partial charge in [-0.15, -0.1) is 0 Å². The second kappa shape index (κ2) is 5.62. The lowest BCUT2D eigenvalue weighted by Crippen LogP contribution is -2.54. The van der Waals surface area contributed by atoms with Crippen LogP contribution in [-0.4, -0.2) is 35.7 Å². The summed E-state index contributed by atoms with van der Waals surface area (Å²) >= 11 is 0. The summed E-state index contributed by atoms with van der Waals surface area (Å²) in [5, 5.41) is 9.48. The predicted octanol–water partition coefficient (Wildman–Crippen LogP) is 2.03. The lowest BCUT2D eigenvalue weighted by Gasteiger charge is -2.26. The molecule has 0 radical (unpaired) electrons. The van der Waals surface area contributed by atoms with Crippen LogP contribution in [0.25, 0.3) is 0 Å². The van der Waals surface area contributed by atoms with Gasteiger partial charge in [-0.1, -0.05) is 29.8 Å². The van der Waals surface area contributed by atoms with E-state index in [2.05, 4.69) is 4.74 Å². The van der Waals surface area contributed by atoms with Gasteiger partial charge in [0, 0.05) is 5.56 Å². The fourth-order valence-electron chi connectivity index (χ4n) is 1.53. The average molecular weight is 290 g/mol. The Labute approximate surface area is 113 Å². The van der Waals surface area contributed by atoms with E-state index in [1.54, 1.807) is 6.92 Å². The van der Waals surface area contributed by atoms with Gasteiger partial charge in [0.15, 0.2) is 5.78 Å². The Morgan fingerprint density at radius 2 is 1.70 bits per heavy atom. The number of alkyl halides is 3. The molecule has 1 aromatic carbocycles. The summed E-state index contributed by atoms with van der Waals surface area (Å²) in [6, 6.07) is 5.73. The molecule has 1 N–H and O–H groups in total. The van der Waals surface area contributed by atoms with Crippen LogP contribution in [0.3, 0.4) is 0 Å². The van der Waals surface area contributed by atoms with Crippen molar-refractivity contribution in [3.8, 4) is 0 Å². The molecular weight excluding hydrogens is 277 g/mol. The number of methoxy groups -OCH3 is 1. The summed E-state index contributed by atoms with van der Waals surface area (Å²) in [6.45, 7) is 1.74. The molecule has 1 rings (SSSR count). The molecule has 0 aliphatic heterocycles. The Morgan fingerprint density at radius 1 is 1.20 bits per heavy atom. The van der Waals surface area contributed by atoms with Gasteiger partial charge >= 0.3 is 12.1 Å². The number of ketones is 1. The van der Waals surface area contributed by atoms with Crippen molar-refractivity contribution in [2.75, 3.05) is 7.11 Å². The summed E-state index contributed by atoms with van der Waals surface area (Å²) in [7, 11) is 0.704. The number of Topliss-reactive ketones (excluding diaryl/α,β-unsaturated/α-hetero) is 1. The molecule has 4 nitrogen and oxygen atoms in total. The van der Waals surface area contributed by atoms with Gasteiger partial charge in [0.1, 0.15) is 0 Å². The fourth-order valence-corrected chi connectivity index (χ4v) is 1.53. The second-order valence-electron chi connectivity index (χ2n) is 4.32. The van der Waals surface area contributed by atoms with E-state index in [4.69, 9.17) is 0 Å². The molecule has 0 aliphatic carbocycles. The lowest BCUT2D eigenvalue weighted by molar-refractivity contribution is -0.260. The topological polar surface area (TPSA) is 63.6 Å². The minimum absolute atomic E-state index is 0.0258. The van der Waals surface area contributed by atoms with Crippen molar-refractivity contribution in [1.82, 2.24) is 0 Å². The van der Waals surface area contributed by atoms with Crippen LogP contribution >= 0.6 is 0 Å². The van der Waals surface area contributed by atoms with E-state index in [1.165, 1.54) is 24.3 Å². The van der Waals surface area contributed by atoms with Gasteiger partial charge in [0.2, 0.25) is 0 Å². The number of aryl methyl sites for hydroxylation is 1. The third-order valence-electron chi connectivity index (χ3n) is 2.78. The summed E-state index contributed by atoms with van der Waals surface area (Å²) in [5.41, 5.74) is -3.05. The van der Waals surface area contributed by atoms with Gasteiger partial charge in [-0.05, 0) is 6.92 Å². The van der Waals surface area contributed by atoms with Crippen molar-refractivity contribution in [2.24, 2.45) is 0 Å². The molecule has 0 heterocycles. The Hall–Kier alpha value is -1.89. The number of carbonyl (C=O) groups is 2. The molecule has 0 bridgehead atoms. The van der Waals surface area contributed by atoms with Gasteiger partial charge in [0.05, 0.1) is 13.5 Å². The standard InChI is InChI=1S/C13H13F3O4/c1-8-3-5-9(6-4-8)10(17)7-12(19,11(18)20-2)13(14,15)16/h3-6,19H,7H2,1-2H3/t12-/m1/s1. The molecule has 20 heavy (non-hydrogen) atoms. The van der Waals surface area contributed by atoms with Crippen LogP contribution in [0.1, 0.15) is 22.3 Å². The van der Waals surface area contributed by atoms with Crippen LogP contribution in [0.4, 0.5) is 13.2 Å². The Balaban J connectivity index is 3.05. The van der Waals surface area contributed by atoms with Gasteiger partial charge in [0.25, 0.3) is 5.60 Å². The minimum Gasteiger partial charge on any atom is -0.467 e. The van der Waals surface area contributed by atoms with E-state index in [9.17, 15) is 27.9 Å². The molecule has 1 atom stereocenters. The highest BCUT2D eigenvalue weighted by Gasteiger charge is 2.61. The van der Waals surface area contributed by atoms with Crippen LogP contribution in [0, 0.1) is 6.92 Å². The van der Waals surface area contributed by atoms with Gasteiger partial charge in [-0.2, -0.15) is 13.2 Å². The zero-order valence-electron chi connectivity index (χ0n) is 10.8. The highest BCUT2D eigenvalue weighted by atomic mass is 19.4. The van der Waals surface area contributed by atoms with Crippen molar-refractivity contribution >= 4 is 11.8 Å². The monoisotopic (exact) mass is 290 g/mol. The maximum atomic E-state index is 12.8. The molecule has 110 valence electrons. The minimum atomic E-state index is -5.31. The van der Waals surface area contributed by atoms with Gasteiger partial charge < -0.3 is 9.84 Å². The van der Waals surface area contributed by atoms with E-state index in [-0.39, 0.29) is 5.56 Å². The number of hydrogen-bond donors (Lipinski definition) is 1. The number of aliphatic hydroxyl groups is 1. The summed E-state index contributed by atoms with van der Waals surface area (Å²) < 4.78 is 42.3.